The molecule has 2 unspecified atom stereocenters. The highest BCUT2D eigenvalue weighted by Crippen LogP contribution is 2.34. The Balaban J connectivity index is 2.41. The van der Waals surface area contributed by atoms with Gasteiger partial charge in [0, 0.05) is 0 Å². The summed E-state index contributed by atoms with van der Waals surface area (Å²) in [4.78, 5) is 0. The van der Waals surface area contributed by atoms with Gasteiger partial charge in [-0.1, -0.05) is 32.1 Å². The molecule has 0 heterocycles. The van der Waals surface area contributed by atoms with E-state index in [1.165, 1.54) is 32.1 Å². The molecule has 0 saturated heterocycles. The summed E-state index contributed by atoms with van der Waals surface area (Å²) in [5, 5.41) is 0. The van der Waals surface area contributed by atoms with Crippen molar-refractivity contribution >= 4 is 0 Å². The van der Waals surface area contributed by atoms with E-state index in [4.69, 9.17) is 5.73 Å². The summed E-state index contributed by atoms with van der Waals surface area (Å²) >= 11 is 0. The third kappa shape index (κ3) is 3.26. The molecule has 2 N–H and O–H groups in total. The van der Waals surface area contributed by atoms with Gasteiger partial charge in [-0.25, -0.2) is 4.39 Å². The Morgan fingerprint density at radius 1 is 1.31 bits per heavy atom. The van der Waals surface area contributed by atoms with E-state index in [1.54, 1.807) is 6.92 Å². The van der Waals surface area contributed by atoms with Crippen molar-refractivity contribution in [2.45, 2.75) is 51.6 Å². The Kier molecular flexibility index (Phi) is 4.71. The fourth-order valence-corrected chi connectivity index (χ4v) is 2.60. The number of hydrogen-bond donors (Lipinski definition) is 1. The van der Waals surface area contributed by atoms with E-state index >= 15 is 0 Å². The Hall–Kier alpha value is -0.110. The van der Waals surface area contributed by atoms with Crippen molar-refractivity contribution in [1.29, 1.82) is 0 Å². The van der Waals surface area contributed by atoms with Crippen LogP contribution >= 0.6 is 0 Å². The van der Waals surface area contributed by atoms with Crippen molar-refractivity contribution in [3.63, 3.8) is 0 Å². The van der Waals surface area contributed by atoms with Crippen molar-refractivity contribution in [2.24, 2.45) is 17.6 Å². The van der Waals surface area contributed by atoms with Crippen LogP contribution in [-0.2, 0) is 0 Å². The molecule has 1 saturated carbocycles. The van der Waals surface area contributed by atoms with Crippen LogP contribution in [0.3, 0.4) is 0 Å². The molecule has 78 valence electrons. The molecule has 0 aromatic carbocycles. The minimum atomic E-state index is -0.674. The highest BCUT2D eigenvalue weighted by Gasteiger charge is 2.27. The standard InChI is InChI=1S/C11H22FN/c1-9(12)11(7-8-13)10-5-3-2-4-6-10/h9-11H,2-8,13H2,1H3. The number of nitrogens with two attached hydrogens (primary N) is 1. The van der Waals surface area contributed by atoms with Crippen LogP contribution in [0.1, 0.15) is 45.4 Å². The third-order valence-electron chi connectivity index (χ3n) is 3.35. The second-order valence-corrected chi connectivity index (χ2v) is 4.32. The predicted octanol–water partition coefficient (Wildman–Crippen LogP) is 2.89. The normalized spacial score (nSPS) is 24.2. The molecule has 13 heavy (non-hydrogen) atoms. The first-order valence-electron chi connectivity index (χ1n) is 5.60. The fraction of sp³-hybridized carbons (Fsp3) is 1.00. The Bertz CT molecular complexity index is 130. The van der Waals surface area contributed by atoms with Gasteiger partial charge < -0.3 is 5.73 Å². The van der Waals surface area contributed by atoms with E-state index in [0.29, 0.717) is 12.5 Å². The maximum absolute atomic E-state index is 13.3. The lowest BCUT2D eigenvalue weighted by Crippen LogP contribution is -2.27. The van der Waals surface area contributed by atoms with Crippen LogP contribution in [0, 0.1) is 11.8 Å². The monoisotopic (exact) mass is 187 g/mol. The highest BCUT2D eigenvalue weighted by atomic mass is 19.1. The first kappa shape index (κ1) is 11.0. The minimum absolute atomic E-state index is 0.227. The second-order valence-electron chi connectivity index (χ2n) is 4.32. The van der Waals surface area contributed by atoms with Crippen molar-refractivity contribution in [3.8, 4) is 0 Å². The molecule has 0 aromatic rings. The first-order chi connectivity index (χ1) is 6.25. The van der Waals surface area contributed by atoms with E-state index in [-0.39, 0.29) is 5.92 Å². The first-order valence-corrected chi connectivity index (χ1v) is 5.60. The molecule has 0 aliphatic heterocycles. The van der Waals surface area contributed by atoms with Crippen molar-refractivity contribution < 1.29 is 4.39 Å². The summed E-state index contributed by atoms with van der Waals surface area (Å²) in [5.41, 5.74) is 5.51. The fourth-order valence-electron chi connectivity index (χ4n) is 2.60. The average Bonchev–Trinajstić information content (AvgIpc) is 2.15. The summed E-state index contributed by atoms with van der Waals surface area (Å²) in [5.74, 6) is 0.836. The zero-order chi connectivity index (χ0) is 9.68. The van der Waals surface area contributed by atoms with E-state index < -0.39 is 6.17 Å². The largest absolute Gasteiger partial charge is 0.330 e. The molecular weight excluding hydrogens is 165 g/mol. The predicted molar refractivity (Wildman–Crippen MR) is 54.3 cm³/mol. The number of hydrogen-bond acceptors (Lipinski definition) is 1. The quantitative estimate of drug-likeness (QED) is 0.719. The van der Waals surface area contributed by atoms with Crippen LogP contribution in [0.4, 0.5) is 4.39 Å². The van der Waals surface area contributed by atoms with Crippen LogP contribution in [0.15, 0.2) is 0 Å². The summed E-state index contributed by atoms with van der Waals surface area (Å²) in [6.07, 6.45) is 6.55. The van der Waals surface area contributed by atoms with Gasteiger partial charge in [0.05, 0.1) is 0 Å². The smallest absolute Gasteiger partial charge is 0.100 e. The van der Waals surface area contributed by atoms with Gasteiger partial charge in [-0.3, -0.25) is 0 Å². The third-order valence-corrected chi connectivity index (χ3v) is 3.35. The highest BCUT2D eigenvalue weighted by molar-refractivity contribution is 4.77. The van der Waals surface area contributed by atoms with Crippen LogP contribution in [0.25, 0.3) is 0 Å². The average molecular weight is 187 g/mol. The summed E-state index contributed by atoms with van der Waals surface area (Å²) < 4.78 is 13.3. The second kappa shape index (κ2) is 5.58. The zero-order valence-corrected chi connectivity index (χ0v) is 8.64. The van der Waals surface area contributed by atoms with Gasteiger partial charge >= 0.3 is 0 Å². The van der Waals surface area contributed by atoms with Crippen LogP contribution < -0.4 is 5.73 Å². The van der Waals surface area contributed by atoms with Gasteiger partial charge in [0.15, 0.2) is 0 Å². The molecule has 0 spiro atoms. The van der Waals surface area contributed by atoms with Gasteiger partial charge in [-0.2, -0.15) is 0 Å². The molecule has 1 aliphatic carbocycles. The van der Waals surface area contributed by atoms with Crippen molar-refractivity contribution in [3.05, 3.63) is 0 Å². The van der Waals surface area contributed by atoms with E-state index in [2.05, 4.69) is 0 Å². The Morgan fingerprint density at radius 3 is 2.38 bits per heavy atom. The molecule has 1 nitrogen and oxygen atoms in total. The molecule has 0 aromatic heterocycles. The lowest BCUT2D eigenvalue weighted by atomic mass is 9.77. The van der Waals surface area contributed by atoms with Crippen molar-refractivity contribution in [2.75, 3.05) is 6.54 Å². The number of halogens is 1. The Morgan fingerprint density at radius 2 is 1.92 bits per heavy atom. The summed E-state index contributed by atoms with van der Waals surface area (Å²) in [7, 11) is 0. The molecule has 1 aliphatic rings. The van der Waals surface area contributed by atoms with E-state index in [9.17, 15) is 4.39 Å². The molecule has 0 amide bonds. The summed E-state index contributed by atoms with van der Waals surface area (Å²) in [6, 6.07) is 0. The minimum Gasteiger partial charge on any atom is -0.330 e. The zero-order valence-electron chi connectivity index (χ0n) is 8.64. The molecule has 2 heteroatoms. The van der Waals surface area contributed by atoms with E-state index in [0.717, 1.165) is 6.42 Å². The molecule has 0 radical (unpaired) electrons. The number of alkyl halides is 1. The van der Waals surface area contributed by atoms with Gasteiger partial charge in [-0.05, 0) is 31.7 Å². The van der Waals surface area contributed by atoms with Crippen LogP contribution in [0.5, 0.6) is 0 Å². The molecule has 2 atom stereocenters. The summed E-state index contributed by atoms with van der Waals surface area (Å²) in [6.45, 7) is 2.32. The molecule has 0 bridgehead atoms. The lowest BCUT2D eigenvalue weighted by molar-refractivity contribution is 0.139. The lowest BCUT2D eigenvalue weighted by Gasteiger charge is -2.31. The number of rotatable bonds is 4. The van der Waals surface area contributed by atoms with Crippen LogP contribution in [-0.4, -0.2) is 12.7 Å². The van der Waals surface area contributed by atoms with E-state index in [1.807, 2.05) is 0 Å². The van der Waals surface area contributed by atoms with Gasteiger partial charge in [0.25, 0.3) is 0 Å². The van der Waals surface area contributed by atoms with Crippen LogP contribution in [0.2, 0.25) is 0 Å². The van der Waals surface area contributed by atoms with Gasteiger partial charge in [0.2, 0.25) is 0 Å². The molecule has 1 fully saturated rings. The van der Waals surface area contributed by atoms with Crippen molar-refractivity contribution in [1.82, 2.24) is 0 Å². The molecule has 1 rings (SSSR count). The maximum atomic E-state index is 13.3. The van der Waals surface area contributed by atoms with Gasteiger partial charge in [-0.15, -0.1) is 0 Å². The Labute approximate surface area is 80.9 Å². The maximum Gasteiger partial charge on any atom is 0.100 e. The molecular formula is C11H22FN. The SMILES string of the molecule is CC(F)C(CCN)C1CCCCC1. The topological polar surface area (TPSA) is 26.0 Å². The van der Waals surface area contributed by atoms with Gasteiger partial charge in [0.1, 0.15) is 6.17 Å².